The van der Waals surface area contributed by atoms with Gasteiger partial charge in [-0.1, -0.05) is 24.3 Å². The number of aromatic carboxylic acids is 1. The Labute approximate surface area is 136 Å². The quantitative estimate of drug-likeness (QED) is 0.821. The highest BCUT2D eigenvalue weighted by Gasteiger charge is 2.24. The molecule has 0 amide bonds. The molecule has 0 aliphatic heterocycles. The summed E-state index contributed by atoms with van der Waals surface area (Å²) in [6, 6.07) is 14.4. The number of benzene rings is 2. The summed E-state index contributed by atoms with van der Waals surface area (Å²) in [5, 5.41) is 18.7. The zero-order valence-corrected chi connectivity index (χ0v) is 13.0. The molecular weight excluding hydrogens is 290 g/mol. The van der Waals surface area contributed by atoms with Gasteiger partial charge in [0.25, 0.3) is 0 Å². The van der Waals surface area contributed by atoms with Crippen LogP contribution in [0.5, 0.6) is 5.75 Å². The van der Waals surface area contributed by atoms with Crippen molar-refractivity contribution in [2.45, 2.75) is 25.9 Å². The van der Waals surface area contributed by atoms with Gasteiger partial charge >= 0.3 is 5.97 Å². The molecule has 1 aliphatic rings. The first-order chi connectivity index (χ1) is 11.1. The molecule has 0 heterocycles. The third-order valence-electron chi connectivity index (χ3n) is 4.11. The fourth-order valence-electron chi connectivity index (χ4n) is 2.82. The monoisotopic (exact) mass is 311 g/mol. The molecule has 2 aromatic rings. The van der Waals surface area contributed by atoms with E-state index in [2.05, 4.69) is 4.90 Å². The standard InChI is InChI=1S/C19H21NO3/c21-18-6-2-4-16(10-18)13-20(11-14-7-8-14)12-15-3-1-5-17(9-15)19(22)23/h1-6,9-10,14,21H,7-8,11-13H2,(H,22,23). The lowest BCUT2D eigenvalue weighted by Crippen LogP contribution is -2.25. The highest BCUT2D eigenvalue weighted by molar-refractivity contribution is 5.87. The van der Waals surface area contributed by atoms with E-state index in [-0.39, 0.29) is 5.75 Å². The molecule has 1 aliphatic carbocycles. The molecular formula is C19H21NO3. The van der Waals surface area contributed by atoms with E-state index in [4.69, 9.17) is 5.11 Å². The van der Waals surface area contributed by atoms with E-state index in [1.54, 1.807) is 30.3 Å². The molecule has 0 atom stereocenters. The third kappa shape index (κ3) is 4.57. The predicted octanol–water partition coefficient (Wildman–Crippen LogP) is 3.50. The molecule has 0 radical (unpaired) electrons. The molecule has 3 rings (SSSR count). The summed E-state index contributed by atoms with van der Waals surface area (Å²) in [4.78, 5) is 13.4. The molecule has 2 N–H and O–H groups in total. The van der Waals surface area contributed by atoms with E-state index < -0.39 is 5.97 Å². The van der Waals surface area contributed by atoms with Gasteiger partial charge in [0.2, 0.25) is 0 Å². The minimum Gasteiger partial charge on any atom is -0.508 e. The third-order valence-corrected chi connectivity index (χ3v) is 4.11. The van der Waals surface area contributed by atoms with Crippen molar-refractivity contribution in [1.29, 1.82) is 0 Å². The van der Waals surface area contributed by atoms with E-state index in [1.807, 2.05) is 18.2 Å². The lowest BCUT2D eigenvalue weighted by molar-refractivity contribution is 0.0696. The average Bonchev–Trinajstić information content (AvgIpc) is 3.31. The van der Waals surface area contributed by atoms with Crippen LogP contribution in [0.25, 0.3) is 0 Å². The van der Waals surface area contributed by atoms with Crippen molar-refractivity contribution in [2.24, 2.45) is 5.92 Å². The van der Waals surface area contributed by atoms with E-state index in [9.17, 15) is 9.90 Å². The number of hydrogen-bond acceptors (Lipinski definition) is 3. The second-order valence-corrected chi connectivity index (χ2v) is 6.29. The predicted molar refractivity (Wildman–Crippen MR) is 88.3 cm³/mol. The molecule has 4 nitrogen and oxygen atoms in total. The number of aromatic hydroxyl groups is 1. The topological polar surface area (TPSA) is 60.8 Å². The molecule has 4 heteroatoms. The highest BCUT2D eigenvalue weighted by Crippen LogP contribution is 2.31. The Balaban J connectivity index is 1.73. The van der Waals surface area contributed by atoms with Gasteiger partial charge in [-0.25, -0.2) is 4.79 Å². The van der Waals surface area contributed by atoms with Crippen molar-refractivity contribution in [3.8, 4) is 5.75 Å². The molecule has 0 aromatic heterocycles. The van der Waals surface area contributed by atoms with Crippen molar-refractivity contribution in [2.75, 3.05) is 6.54 Å². The number of phenols is 1. The summed E-state index contributed by atoms with van der Waals surface area (Å²) < 4.78 is 0. The van der Waals surface area contributed by atoms with E-state index in [1.165, 1.54) is 12.8 Å². The lowest BCUT2D eigenvalue weighted by Gasteiger charge is -2.22. The summed E-state index contributed by atoms with van der Waals surface area (Å²) in [5.74, 6) is 0.130. The Morgan fingerprint density at radius 1 is 1.04 bits per heavy atom. The first-order valence-electron chi connectivity index (χ1n) is 7.92. The number of carboxylic acid groups (broad SMARTS) is 1. The smallest absolute Gasteiger partial charge is 0.335 e. The van der Waals surface area contributed by atoms with Crippen LogP contribution in [0.1, 0.15) is 34.3 Å². The highest BCUT2D eigenvalue weighted by atomic mass is 16.4. The lowest BCUT2D eigenvalue weighted by atomic mass is 10.1. The number of rotatable bonds is 7. The molecule has 2 aromatic carbocycles. The van der Waals surface area contributed by atoms with Crippen molar-refractivity contribution in [3.05, 3.63) is 65.2 Å². The first kappa shape index (κ1) is 15.6. The van der Waals surface area contributed by atoms with Crippen LogP contribution in [0.2, 0.25) is 0 Å². The Hall–Kier alpha value is -2.33. The van der Waals surface area contributed by atoms with Crippen LogP contribution in [-0.4, -0.2) is 27.6 Å². The Kier molecular flexibility index (Phi) is 4.63. The number of nitrogens with zero attached hydrogens (tertiary/aromatic N) is 1. The zero-order valence-electron chi connectivity index (χ0n) is 13.0. The fourth-order valence-corrected chi connectivity index (χ4v) is 2.82. The van der Waals surface area contributed by atoms with Crippen molar-refractivity contribution in [3.63, 3.8) is 0 Å². The van der Waals surface area contributed by atoms with Gasteiger partial charge in [-0.15, -0.1) is 0 Å². The Morgan fingerprint density at radius 3 is 2.30 bits per heavy atom. The normalized spacial score (nSPS) is 14.1. The van der Waals surface area contributed by atoms with Crippen LogP contribution >= 0.6 is 0 Å². The van der Waals surface area contributed by atoms with Gasteiger partial charge in [0.1, 0.15) is 5.75 Å². The van der Waals surface area contributed by atoms with Gasteiger partial charge in [0, 0.05) is 19.6 Å². The molecule has 23 heavy (non-hydrogen) atoms. The first-order valence-corrected chi connectivity index (χ1v) is 7.92. The van der Waals surface area contributed by atoms with Crippen molar-refractivity contribution >= 4 is 5.97 Å². The maximum absolute atomic E-state index is 11.1. The van der Waals surface area contributed by atoms with Gasteiger partial charge in [-0.05, 0) is 54.2 Å². The summed E-state index contributed by atoms with van der Waals surface area (Å²) >= 11 is 0. The van der Waals surface area contributed by atoms with Crippen LogP contribution < -0.4 is 0 Å². The maximum Gasteiger partial charge on any atom is 0.335 e. The molecule has 0 spiro atoms. The van der Waals surface area contributed by atoms with Crippen LogP contribution in [0.4, 0.5) is 0 Å². The molecule has 0 bridgehead atoms. The summed E-state index contributed by atoms with van der Waals surface area (Å²) in [5.41, 5.74) is 2.40. The van der Waals surface area contributed by atoms with E-state index in [0.717, 1.165) is 30.1 Å². The van der Waals surface area contributed by atoms with Crippen molar-refractivity contribution in [1.82, 2.24) is 4.90 Å². The minimum atomic E-state index is -0.895. The minimum absolute atomic E-state index is 0.279. The van der Waals surface area contributed by atoms with Crippen LogP contribution in [0.3, 0.4) is 0 Å². The van der Waals surface area contributed by atoms with Gasteiger partial charge in [-0.3, -0.25) is 4.90 Å². The fraction of sp³-hybridized carbons (Fsp3) is 0.316. The second kappa shape index (κ2) is 6.84. The van der Waals surface area contributed by atoms with E-state index in [0.29, 0.717) is 12.1 Å². The van der Waals surface area contributed by atoms with Gasteiger partial charge in [0.05, 0.1) is 5.56 Å². The maximum atomic E-state index is 11.1. The number of hydrogen-bond donors (Lipinski definition) is 2. The largest absolute Gasteiger partial charge is 0.508 e. The molecule has 0 unspecified atom stereocenters. The number of phenolic OH excluding ortho intramolecular Hbond substituents is 1. The summed E-state index contributed by atoms with van der Waals surface area (Å²) in [6.07, 6.45) is 2.54. The van der Waals surface area contributed by atoms with E-state index >= 15 is 0 Å². The number of carboxylic acids is 1. The van der Waals surface area contributed by atoms with Crippen LogP contribution in [0, 0.1) is 5.92 Å². The molecule has 1 saturated carbocycles. The molecule has 120 valence electrons. The van der Waals surface area contributed by atoms with Gasteiger partial charge < -0.3 is 10.2 Å². The van der Waals surface area contributed by atoms with Gasteiger partial charge in [-0.2, -0.15) is 0 Å². The summed E-state index contributed by atoms with van der Waals surface area (Å²) in [7, 11) is 0. The summed E-state index contributed by atoms with van der Waals surface area (Å²) in [6.45, 7) is 2.47. The number of carbonyl (C=O) groups is 1. The van der Waals surface area contributed by atoms with Gasteiger partial charge in [0.15, 0.2) is 0 Å². The Morgan fingerprint density at radius 2 is 1.70 bits per heavy atom. The molecule has 1 fully saturated rings. The van der Waals surface area contributed by atoms with Crippen molar-refractivity contribution < 1.29 is 15.0 Å². The Bertz CT molecular complexity index is 695. The average molecular weight is 311 g/mol. The van der Waals surface area contributed by atoms with Crippen LogP contribution in [0.15, 0.2) is 48.5 Å². The molecule has 0 saturated heterocycles. The second-order valence-electron chi connectivity index (χ2n) is 6.29. The zero-order chi connectivity index (χ0) is 16.2. The van der Waals surface area contributed by atoms with Crippen LogP contribution in [-0.2, 0) is 13.1 Å². The SMILES string of the molecule is O=C(O)c1cccc(CN(Cc2cccc(O)c2)CC2CC2)c1.